The first-order valence-corrected chi connectivity index (χ1v) is 4.64. The molecule has 0 unspecified atom stereocenters. The van der Waals surface area contributed by atoms with Gasteiger partial charge in [-0.15, -0.1) is 0 Å². The molecule has 0 aliphatic rings. The lowest BCUT2D eigenvalue weighted by Crippen LogP contribution is -2.01. The van der Waals surface area contributed by atoms with Gasteiger partial charge in [-0.05, 0) is 12.1 Å². The monoisotopic (exact) mass is 237 g/mol. The molecule has 2 N–H and O–H groups in total. The van der Waals surface area contributed by atoms with Gasteiger partial charge in [-0.2, -0.15) is 0 Å². The average molecular weight is 237 g/mol. The van der Waals surface area contributed by atoms with Crippen molar-refractivity contribution in [1.29, 1.82) is 0 Å². The van der Waals surface area contributed by atoms with Crippen molar-refractivity contribution in [3.05, 3.63) is 29.7 Å². The highest BCUT2D eigenvalue weighted by Gasteiger charge is 2.15. The number of nitrogens with zero attached hydrogens (tertiary/aromatic N) is 1. The number of rotatable bonds is 2. The molecule has 1 aromatic carbocycles. The number of pyridine rings is 1. The number of aromatic nitrogens is 1. The Kier molecular flexibility index (Phi) is 2.55. The summed E-state index contributed by atoms with van der Waals surface area (Å²) >= 11 is 0. The summed E-state index contributed by atoms with van der Waals surface area (Å²) in [4.78, 5) is 14.4. The van der Waals surface area contributed by atoms with E-state index in [2.05, 4.69) is 4.98 Å². The van der Waals surface area contributed by atoms with E-state index < -0.39 is 17.5 Å². The molecule has 1 heterocycles. The largest absolute Gasteiger partial charge is 0.507 e. The maximum atomic E-state index is 13.8. The number of ether oxygens (including phenoxy) is 1. The van der Waals surface area contributed by atoms with Gasteiger partial charge < -0.3 is 14.9 Å². The molecule has 0 aliphatic heterocycles. The lowest BCUT2D eigenvalue weighted by Gasteiger charge is -2.06. The van der Waals surface area contributed by atoms with Crippen LogP contribution in [0.5, 0.6) is 11.5 Å². The van der Waals surface area contributed by atoms with Gasteiger partial charge in [0.1, 0.15) is 11.3 Å². The van der Waals surface area contributed by atoms with Crippen LogP contribution in [0.25, 0.3) is 10.9 Å². The molecule has 17 heavy (non-hydrogen) atoms. The second-order valence-corrected chi connectivity index (χ2v) is 3.31. The fourth-order valence-electron chi connectivity index (χ4n) is 1.49. The van der Waals surface area contributed by atoms with Crippen molar-refractivity contribution in [2.24, 2.45) is 0 Å². The molecule has 1 aromatic heterocycles. The maximum absolute atomic E-state index is 13.8. The topological polar surface area (TPSA) is 79.7 Å². The maximum Gasteiger partial charge on any atom is 0.354 e. The van der Waals surface area contributed by atoms with Crippen molar-refractivity contribution >= 4 is 16.9 Å². The molecule has 88 valence electrons. The van der Waals surface area contributed by atoms with Gasteiger partial charge in [-0.25, -0.2) is 14.2 Å². The first kappa shape index (κ1) is 11.1. The van der Waals surface area contributed by atoms with Gasteiger partial charge in [0, 0.05) is 11.5 Å². The Bertz CT molecular complexity index is 612. The zero-order valence-corrected chi connectivity index (χ0v) is 8.77. The summed E-state index contributed by atoms with van der Waals surface area (Å²) in [5.74, 6) is -2.55. The Balaban J connectivity index is 2.83. The Hall–Kier alpha value is -2.37. The third-order valence-corrected chi connectivity index (χ3v) is 2.30. The van der Waals surface area contributed by atoms with E-state index in [0.29, 0.717) is 0 Å². The van der Waals surface area contributed by atoms with Gasteiger partial charge in [0.15, 0.2) is 17.3 Å². The van der Waals surface area contributed by atoms with Crippen LogP contribution in [0.3, 0.4) is 0 Å². The minimum Gasteiger partial charge on any atom is -0.507 e. The molecule has 0 amide bonds. The Morgan fingerprint density at radius 1 is 1.47 bits per heavy atom. The van der Waals surface area contributed by atoms with Gasteiger partial charge in [-0.3, -0.25) is 0 Å². The lowest BCUT2D eigenvalue weighted by molar-refractivity contribution is 0.0690. The molecule has 0 fully saturated rings. The van der Waals surface area contributed by atoms with E-state index in [0.717, 1.165) is 6.07 Å². The SMILES string of the molecule is COc1ccc2c(O)cc(C(=O)O)nc2c1F. The van der Waals surface area contributed by atoms with Crippen molar-refractivity contribution in [3.63, 3.8) is 0 Å². The Labute approximate surface area is 95.1 Å². The predicted molar refractivity (Wildman–Crippen MR) is 56.9 cm³/mol. The average Bonchev–Trinajstić information content (AvgIpc) is 2.30. The molecule has 0 atom stereocenters. The number of carbonyl (C=O) groups is 1. The summed E-state index contributed by atoms with van der Waals surface area (Å²) in [6, 6.07) is 3.71. The number of fused-ring (bicyclic) bond motifs is 1. The molecular weight excluding hydrogens is 229 g/mol. The third kappa shape index (κ3) is 1.73. The molecular formula is C11H8FNO4. The first-order valence-electron chi connectivity index (χ1n) is 4.64. The fourth-order valence-corrected chi connectivity index (χ4v) is 1.49. The van der Waals surface area contributed by atoms with E-state index in [1.54, 1.807) is 0 Å². The lowest BCUT2D eigenvalue weighted by atomic mass is 10.1. The predicted octanol–water partition coefficient (Wildman–Crippen LogP) is 1.79. The highest BCUT2D eigenvalue weighted by Crippen LogP contribution is 2.30. The summed E-state index contributed by atoms with van der Waals surface area (Å²) in [6.07, 6.45) is 0. The summed E-state index contributed by atoms with van der Waals surface area (Å²) in [7, 11) is 1.28. The number of hydrogen-bond donors (Lipinski definition) is 2. The summed E-state index contributed by atoms with van der Waals surface area (Å²) in [5, 5.41) is 18.5. The van der Waals surface area contributed by atoms with Gasteiger partial charge in [0.25, 0.3) is 0 Å². The quantitative estimate of drug-likeness (QED) is 0.832. The second-order valence-electron chi connectivity index (χ2n) is 3.31. The normalized spacial score (nSPS) is 10.5. The van der Waals surface area contributed by atoms with E-state index in [1.807, 2.05) is 0 Å². The molecule has 0 spiro atoms. The third-order valence-electron chi connectivity index (χ3n) is 2.30. The zero-order valence-electron chi connectivity index (χ0n) is 8.77. The number of carboxylic acid groups (broad SMARTS) is 1. The van der Waals surface area contributed by atoms with Crippen molar-refractivity contribution in [3.8, 4) is 11.5 Å². The van der Waals surface area contributed by atoms with Gasteiger partial charge >= 0.3 is 5.97 Å². The van der Waals surface area contributed by atoms with E-state index in [9.17, 15) is 14.3 Å². The van der Waals surface area contributed by atoms with Crippen molar-refractivity contribution in [2.75, 3.05) is 7.11 Å². The Morgan fingerprint density at radius 2 is 2.18 bits per heavy atom. The fraction of sp³-hybridized carbons (Fsp3) is 0.0909. The van der Waals surface area contributed by atoms with E-state index in [4.69, 9.17) is 9.84 Å². The first-order chi connectivity index (χ1) is 8.04. The van der Waals surface area contributed by atoms with E-state index in [1.165, 1.54) is 19.2 Å². The van der Waals surface area contributed by atoms with Crippen LogP contribution in [0, 0.1) is 5.82 Å². The van der Waals surface area contributed by atoms with E-state index >= 15 is 0 Å². The van der Waals surface area contributed by atoms with Crippen molar-refractivity contribution < 1.29 is 24.1 Å². The second kappa shape index (κ2) is 3.89. The van der Waals surface area contributed by atoms with Gasteiger partial charge in [0.2, 0.25) is 0 Å². The molecule has 0 saturated carbocycles. The van der Waals surface area contributed by atoms with Crippen LogP contribution in [0.1, 0.15) is 10.5 Å². The Morgan fingerprint density at radius 3 is 2.76 bits per heavy atom. The zero-order chi connectivity index (χ0) is 12.6. The van der Waals surface area contributed by atoms with Crippen LogP contribution in [-0.4, -0.2) is 28.3 Å². The number of aromatic carboxylic acids is 1. The molecule has 2 aromatic rings. The van der Waals surface area contributed by atoms with Gasteiger partial charge in [0.05, 0.1) is 7.11 Å². The molecule has 0 aliphatic carbocycles. The summed E-state index contributed by atoms with van der Waals surface area (Å²) < 4.78 is 18.6. The highest BCUT2D eigenvalue weighted by molar-refractivity contribution is 5.93. The smallest absolute Gasteiger partial charge is 0.354 e. The van der Waals surface area contributed by atoms with Crippen LogP contribution in [0.15, 0.2) is 18.2 Å². The van der Waals surface area contributed by atoms with Crippen LogP contribution < -0.4 is 4.74 Å². The minimum absolute atomic E-state index is 0.0630. The summed E-state index contributed by atoms with van der Waals surface area (Å²) in [5.41, 5.74) is -0.663. The summed E-state index contributed by atoms with van der Waals surface area (Å²) in [6.45, 7) is 0. The minimum atomic E-state index is -1.34. The van der Waals surface area contributed by atoms with Crippen molar-refractivity contribution in [2.45, 2.75) is 0 Å². The molecule has 5 nitrogen and oxygen atoms in total. The molecule has 0 bridgehead atoms. The molecule has 2 rings (SSSR count). The van der Waals surface area contributed by atoms with Crippen LogP contribution in [0.2, 0.25) is 0 Å². The number of carboxylic acids is 1. The number of hydrogen-bond acceptors (Lipinski definition) is 4. The van der Waals surface area contributed by atoms with Crippen LogP contribution in [0.4, 0.5) is 4.39 Å². The van der Waals surface area contributed by atoms with Crippen molar-refractivity contribution in [1.82, 2.24) is 4.98 Å². The molecule has 0 saturated heterocycles. The number of methoxy groups -OCH3 is 1. The van der Waals surface area contributed by atoms with E-state index in [-0.39, 0.29) is 22.4 Å². The molecule has 0 radical (unpaired) electrons. The number of benzene rings is 1. The highest BCUT2D eigenvalue weighted by atomic mass is 19.1. The van der Waals surface area contributed by atoms with Crippen LogP contribution in [-0.2, 0) is 0 Å². The number of aromatic hydroxyl groups is 1. The van der Waals surface area contributed by atoms with Crippen LogP contribution >= 0.6 is 0 Å². The standard InChI is InChI=1S/C11H8FNO4/c1-17-8-3-2-5-7(14)4-6(11(15)16)13-10(5)9(8)12/h2-4H,1H3,(H,13,14)(H,15,16). The number of halogens is 1. The van der Waals surface area contributed by atoms with Gasteiger partial charge in [-0.1, -0.05) is 0 Å². The molecule has 6 heteroatoms.